The van der Waals surface area contributed by atoms with Gasteiger partial charge in [-0.15, -0.1) is 0 Å². The molecule has 0 spiro atoms. The fourth-order valence-electron chi connectivity index (χ4n) is 3.02. The van der Waals surface area contributed by atoms with Gasteiger partial charge in [0.15, 0.2) is 0 Å². The molecule has 4 aromatic rings. The van der Waals surface area contributed by atoms with Crippen molar-refractivity contribution in [3.63, 3.8) is 0 Å². The first-order valence-electron chi connectivity index (χ1n) is 13.0. The van der Waals surface area contributed by atoms with E-state index in [0.717, 1.165) is 29.4 Å². The fraction of sp³-hybridized carbons (Fsp3) is 0.333. The molecule has 210 valence electrons. The number of carbonyl (C=O) groups is 1. The Morgan fingerprint density at radius 1 is 0.868 bits per heavy atom. The molecule has 3 aromatic carbocycles. The van der Waals surface area contributed by atoms with Crippen LogP contribution in [0.1, 0.15) is 67.9 Å². The summed E-state index contributed by atoms with van der Waals surface area (Å²) in [6.07, 6.45) is 7.24. The van der Waals surface area contributed by atoms with Gasteiger partial charge in [0.2, 0.25) is 0 Å². The number of anilines is 2. The molecule has 0 atom stereocenters. The van der Waals surface area contributed by atoms with Gasteiger partial charge >= 0.3 is 0 Å². The minimum atomic E-state index is -0.0595. The van der Waals surface area contributed by atoms with Crippen molar-refractivity contribution in [2.24, 2.45) is 0 Å². The summed E-state index contributed by atoms with van der Waals surface area (Å²) in [5.41, 5.74) is 7.71. The third kappa shape index (κ3) is 11.8. The van der Waals surface area contributed by atoms with E-state index in [1.54, 1.807) is 0 Å². The maximum Gasteiger partial charge on any atom is 0.145 e. The number of hydrogen-bond donors (Lipinski definition) is 0. The minimum absolute atomic E-state index is 0. The molecule has 5 heteroatoms. The van der Waals surface area contributed by atoms with Gasteiger partial charge in [-0.2, -0.15) is 12.8 Å². The fourth-order valence-corrected chi connectivity index (χ4v) is 3.02. The van der Waals surface area contributed by atoms with Crippen molar-refractivity contribution in [3.8, 4) is 0 Å². The van der Waals surface area contributed by atoms with Crippen LogP contribution in [0.25, 0.3) is 11.0 Å². The van der Waals surface area contributed by atoms with Gasteiger partial charge in [0.25, 0.3) is 0 Å². The predicted molar refractivity (Wildman–Crippen MR) is 161 cm³/mol. The van der Waals surface area contributed by atoms with Crippen LogP contribution < -0.4 is 4.90 Å². The van der Waals surface area contributed by atoms with Crippen LogP contribution in [-0.4, -0.2) is 22.5 Å². The summed E-state index contributed by atoms with van der Waals surface area (Å²) in [7, 11) is 2.08. The van der Waals surface area contributed by atoms with E-state index in [2.05, 4.69) is 106 Å². The van der Waals surface area contributed by atoms with E-state index in [1.165, 1.54) is 46.8 Å². The molecule has 0 N–H and O–H groups in total. The van der Waals surface area contributed by atoms with E-state index >= 15 is 0 Å². The molecule has 1 aromatic heterocycles. The Bertz CT molecular complexity index is 1180. The van der Waals surface area contributed by atoms with Crippen molar-refractivity contribution in [2.75, 3.05) is 11.9 Å². The number of unbranched alkanes of at least 4 members (excludes halogenated alkanes) is 2. The summed E-state index contributed by atoms with van der Waals surface area (Å²) in [5.74, 6) is -0.0595. The number of carbonyl (C=O) groups excluding carboxylic acids is 1. The second-order valence-corrected chi connectivity index (χ2v) is 8.93. The van der Waals surface area contributed by atoms with Gasteiger partial charge in [0.05, 0.1) is 0 Å². The van der Waals surface area contributed by atoms with Gasteiger partial charge in [-0.25, -0.2) is 0 Å². The number of rotatable bonds is 4. The van der Waals surface area contributed by atoms with E-state index < -0.39 is 0 Å². The summed E-state index contributed by atoms with van der Waals surface area (Å²) >= 11 is 0. The Kier molecular flexibility index (Phi) is 18.0. The third-order valence-corrected chi connectivity index (χ3v) is 5.69. The van der Waals surface area contributed by atoms with E-state index in [1.807, 2.05) is 32.0 Å². The third-order valence-electron chi connectivity index (χ3n) is 5.69. The van der Waals surface area contributed by atoms with E-state index in [-0.39, 0.29) is 27.0 Å². The Morgan fingerprint density at radius 3 is 1.82 bits per heavy atom. The number of benzene rings is 3. The zero-order valence-electron chi connectivity index (χ0n) is 24.2. The number of hydrogen-bond acceptors (Lipinski definition) is 3. The van der Waals surface area contributed by atoms with Crippen molar-refractivity contribution >= 4 is 28.3 Å². The summed E-state index contributed by atoms with van der Waals surface area (Å²) in [4.78, 5) is 17.4. The molecule has 4 rings (SSSR count). The van der Waals surface area contributed by atoms with Crippen molar-refractivity contribution in [1.82, 2.24) is 9.55 Å². The Morgan fingerprint density at radius 2 is 1.34 bits per heavy atom. The van der Waals surface area contributed by atoms with Crippen molar-refractivity contribution < 1.29 is 25.9 Å². The number of imidazole rings is 1. The van der Waals surface area contributed by atoms with Crippen LogP contribution in [0.3, 0.4) is 0 Å². The molecule has 0 bridgehead atoms. The Balaban J connectivity index is 0.000000554. The molecular weight excluding hydrogens is 649 g/mol. The van der Waals surface area contributed by atoms with Crippen LogP contribution in [0.5, 0.6) is 0 Å². The smallest absolute Gasteiger partial charge is 0.145 e. The molecule has 4 nitrogen and oxygen atoms in total. The van der Waals surface area contributed by atoms with Gasteiger partial charge in [-0.05, 0) is 63.0 Å². The second kappa shape index (κ2) is 19.4. The second-order valence-electron chi connectivity index (χ2n) is 8.93. The Hall–Kier alpha value is -2.71. The largest absolute Gasteiger partial charge is 0.398 e. The van der Waals surface area contributed by atoms with Gasteiger partial charge in [-0.1, -0.05) is 85.8 Å². The predicted octanol–water partition coefficient (Wildman–Crippen LogP) is 9.12. The van der Waals surface area contributed by atoms with Crippen LogP contribution in [0.4, 0.5) is 11.4 Å². The topological polar surface area (TPSA) is 38.1 Å². The monoisotopic (exact) mass is 693 g/mol. The molecule has 0 aliphatic carbocycles. The quantitative estimate of drug-likeness (QED) is 0.200. The maximum absolute atomic E-state index is 11.2. The van der Waals surface area contributed by atoms with E-state index in [0.29, 0.717) is 0 Å². The summed E-state index contributed by atoms with van der Waals surface area (Å²) in [5, 5.41) is 0. The van der Waals surface area contributed by atoms with E-state index in [9.17, 15) is 4.79 Å². The molecule has 0 radical (unpaired) electrons. The van der Waals surface area contributed by atoms with Crippen LogP contribution in [-0.2, 0) is 21.1 Å². The van der Waals surface area contributed by atoms with Crippen LogP contribution >= 0.6 is 0 Å². The molecule has 0 amide bonds. The first-order valence-corrected chi connectivity index (χ1v) is 13.0. The first-order chi connectivity index (χ1) is 17.7. The molecule has 0 aliphatic rings. The van der Waals surface area contributed by atoms with E-state index in [4.69, 9.17) is 0 Å². The standard InChI is InChI=1S/C14H15N.C11H11N2O.2C4H9.Pt/c1-12-8-10-14(11-9-12)15(2)13-6-4-3-5-7-13;1-7-4-10-11(5-8(7)2)13(6-12-10)9(3)14;2*1-3-4-2;/h3-11H,1-2H3;4-5H,1-3H3;2*1,3-4H2,2H3;/q;3*-1;. The van der Waals surface area contributed by atoms with Crippen molar-refractivity contribution in [1.29, 1.82) is 0 Å². The van der Waals surface area contributed by atoms with Gasteiger partial charge in [0.1, 0.15) is 5.91 Å². The molecular formula is C33H44N3OPt-3. The first kappa shape index (κ1) is 35.3. The number of nitrogens with zero attached hydrogens (tertiary/aromatic N) is 3. The zero-order chi connectivity index (χ0) is 27.8. The minimum Gasteiger partial charge on any atom is -0.398 e. The molecule has 38 heavy (non-hydrogen) atoms. The molecule has 0 unspecified atom stereocenters. The van der Waals surface area contributed by atoms with Gasteiger partial charge in [0, 0.05) is 45.8 Å². The number of aromatic nitrogens is 2. The average Bonchev–Trinajstić information content (AvgIpc) is 3.33. The molecule has 0 saturated carbocycles. The van der Waals surface area contributed by atoms with Crippen LogP contribution in [0.15, 0.2) is 66.7 Å². The van der Waals surface area contributed by atoms with Crippen LogP contribution in [0.2, 0.25) is 0 Å². The maximum atomic E-state index is 11.2. The van der Waals surface area contributed by atoms with Gasteiger partial charge < -0.3 is 33.1 Å². The van der Waals surface area contributed by atoms with Crippen LogP contribution in [0, 0.1) is 40.9 Å². The zero-order valence-corrected chi connectivity index (χ0v) is 26.4. The van der Waals surface area contributed by atoms with Crippen molar-refractivity contribution in [3.05, 3.63) is 104 Å². The number of para-hydroxylation sites is 1. The summed E-state index contributed by atoms with van der Waals surface area (Å²) < 4.78 is 1.45. The number of fused-ring (bicyclic) bond motifs is 1. The molecule has 0 fully saturated rings. The Labute approximate surface area is 245 Å². The van der Waals surface area contributed by atoms with Crippen molar-refractivity contribution in [2.45, 2.75) is 67.2 Å². The normalized spacial score (nSPS) is 9.50. The summed E-state index contributed by atoms with van der Waals surface area (Å²) in [6.45, 7) is 19.1. The average molecular weight is 694 g/mol. The SMILES string of the molecule is CC(=O)n1[c-]nc2cc(C)c(C)cc21.Cc1ccc(N(C)c2ccccc2)cc1.[CH2-]CCC.[CH2-]CCC.[Pt]. The van der Waals surface area contributed by atoms with Gasteiger partial charge in [-0.3, -0.25) is 0 Å². The number of aryl methyl sites for hydroxylation is 3. The summed E-state index contributed by atoms with van der Waals surface area (Å²) in [6, 6.07) is 22.9. The molecule has 1 heterocycles. The molecule has 0 aliphatic heterocycles. The molecule has 0 saturated heterocycles.